The zero-order valence-electron chi connectivity index (χ0n) is 9.37. The number of nitrogens with zero attached hydrogens (tertiary/aromatic N) is 3. The van der Waals surface area contributed by atoms with Crippen LogP contribution in [0.4, 0.5) is 0 Å². The summed E-state index contributed by atoms with van der Waals surface area (Å²) < 4.78 is 1.92. The van der Waals surface area contributed by atoms with Crippen molar-refractivity contribution < 1.29 is 4.79 Å². The second-order valence-corrected chi connectivity index (χ2v) is 5.57. The van der Waals surface area contributed by atoms with Gasteiger partial charge in [-0.2, -0.15) is 0 Å². The van der Waals surface area contributed by atoms with E-state index in [9.17, 15) is 4.79 Å². The van der Waals surface area contributed by atoms with Gasteiger partial charge in [0.05, 0.1) is 12.1 Å². The van der Waals surface area contributed by atoms with Gasteiger partial charge >= 0.3 is 0 Å². The van der Waals surface area contributed by atoms with Crippen LogP contribution in [0.25, 0.3) is 4.96 Å². The minimum atomic E-state index is -0.0169. The van der Waals surface area contributed by atoms with Gasteiger partial charge in [-0.25, -0.2) is 9.97 Å². The number of nitrogens with two attached hydrogens (primary N) is 1. The summed E-state index contributed by atoms with van der Waals surface area (Å²) in [6.07, 6.45) is 4.08. The number of fused-ring (bicyclic) bond motifs is 1. The molecule has 3 heterocycles. The second-order valence-electron chi connectivity index (χ2n) is 3.76. The van der Waals surface area contributed by atoms with E-state index in [1.165, 1.54) is 11.3 Å². The smallest absolute Gasteiger partial charge is 0.193 e. The molecule has 0 radical (unpaired) electrons. The first-order valence-electron chi connectivity index (χ1n) is 5.35. The molecule has 0 spiro atoms. The van der Waals surface area contributed by atoms with Crippen molar-refractivity contribution in [2.75, 3.05) is 0 Å². The molecule has 0 amide bonds. The van der Waals surface area contributed by atoms with Crippen molar-refractivity contribution in [2.45, 2.75) is 13.0 Å². The summed E-state index contributed by atoms with van der Waals surface area (Å²) in [7, 11) is 0. The molecule has 0 fully saturated rings. The van der Waals surface area contributed by atoms with Crippen LogP contribution in [-0.2, 0) is 13.0 Å². The van der Waals surface area contributed by atoms with Gasteiger partial charge in [0.25, 0.3) is 0 Å². The van der Waals surface area contributed by atoms with Crippen LogP contribution < -0.4 is 5.73 Å². The molecule has 7 heteroatoms. The van der Waals surface area contributed by atoms with Crippen LogP contribution in [0.2, 0.25) is 0 Å². The van der Waals surface area contributed by atoms with Crippen molar-refractivity contribution in [2.24, 2.45) is 5.73 Å². The van der Waals surface area contributed by atoms with Gasteiger partial charge in [-0.05, 0) is 0 Å². The summed E-state index contributed by atoms with van der Waals surface area (Å²) in [5.74, 6) is -0.0169. The number of hydrogen-bond donors (Lipinski definition) is 1. The van der Waals surface area contributed by atoms with Crippen molar-refractivity contribution in [3.05, 3.63) is 39.5 Å². The molecule has 0 aliphatic carbocycles. The number of carbonyl (C=O) groups is 1. The Hall–Kier alpha value is -1.57. The van der Waals surface area contributed by atoms with E-state index in [0.717, 1.165) is 15.7 Å². The molecular weight excluding hydrogens is 268 g/mol. The monoisotopic (exact) mass is 278 g/mol. The minimum Gasteiger partial charge on any atom is -0.325 e. The third-order valence-electron chi connectivity index (χ3n) is 2.50. The van der Waals surface area contributed by atoms with E-state index in [-0.39, 0.29) is 12.2 Å². The highest BCUT2D eigenvalue weighted by Gasteiger charge is 2.13. The number of Topliss-reactive ketones (excluding diaryl/α,β-unsaturated/α-hetero) is 1. The van der Waals surface area contributed by atoms with Crippen LogP contribution >= 0.6 is 22.7 Å². The van der Waals surface area contributed by atoms with Gasteiger partial charge in [-0.1, -0.05) is 0 Å². The highest BCUT2D eigenvalue weighted by Crippen LogP contribution is 2.15. The van der Waals surface area contributed by atoms with Gasteiger partial charge in [0, 0.05) is 29.7 Å². The predicted octanol–water partition coefficient (Wildman–Crippen LogP) is 1.74. The molecule has 18 heavy (non-hydrogen) atoms. The summed E-state index contributed by atoms with van der Waals surface area (Å²) in [6, 6.07) is 0. The molecule has 0 aromatic carbocycles. The summed E-state index contributed by atoms with van der Waals surface area (Å²) in [5.41, 5.74) is 6.73. The van der Waals surface area contributed by atoms with Crippen molar-refractivity contribution in [1.29, 1.82) is 0 Å². The maximum Gasteiger partial charge on any atom is 0.193 e. The first kappa shape index (κ1) is 11.5. The fourth-order valence-corrected chi connectivity index (χ4v) is 3.05. The Morgan fingerprint density at radius 1 is 1.39 bits per heavy atom. The average molecular weight is 278 g/mol. The maximum atomic E-state index is 12.0. The third-order valence-corrected chi connectivity index (χ3v) is 4.14. The SMILES string of the molecule is NCc1nc(C(=O)Cc2cn3ccsc3n2)cs1. The molecule has 0 atom stereocenters. The normalized spacial score (nSPS) is 11.2. The van der Waals surface area contributed by atoms with Crippen LogP contribution in [0.3, 0.4) is 0 Å². The molecule has 0 unspecified atom stereocenters. The molecule has 92 valence electrons. The van der Waals surface area contributed by atoms with Gasteiger partial charge in [0.2, 0.25) is 0 Å². The fourth-order valence-electron chi connectivity index (χ4n) is 1.65. The Morgan fingerprint density at radius 3 is 3.00 bits per heavy atom. The summed E-state index contributed by atoms with van der Waals surface area (Å²) in [5, 5.41) is 4.49. The second kappa shape index (κ2) is 4.60. The number of rotatable bonds is 4. The van der Waals surface area contributed by atoms with E-state index in [0.29, 0.717) is 12.2 Å². The lowest BCUT2D eigenvalue weighted by atomic mass is 10.2. The standard InChI is InChI=1S/C11H10N4OS2/c12-4-10-14-8(6-18-10)9(16)3-7-5-15-1-2-17-11(15)13-7/h1-2,5-6H,3-4,12H2. The predicted molar refractivity (Wildman–Crippen MR) is 71.1 cm³/mol. The maximum absolute atomic E-state index is 12.0. The van der Waals surface area contributed by atoms with Gasteiger partial charge in [0.15, 0.2) is 10.7 Å². The lowest BCUT2D eigenvalue weighted by Gasteiger charge is -1.92. The van der Waals surface area contributed by atoms with E-state index in [4.69, 9.17) is 5.73 Å². The highest BCUT2D eigenvalue weighted by atomic mass is 32.1. The highest BCUT2D eigenvalue weighted by molar-refractivity contribution is 7.15. The van der Waals surface area contributed by atoms with Crippen LogP contribution in [-0.4, -0.2) is 20.2 Å². The zero-order chi connectivity index (χ0) is 12.5. The van der Waals surface area contributed by atoms with Crippen LogP contribution in [0, 0.1) is 0 Å². The number of imidazole rings is 1. The molecular formula is C11H10N4OS2. The number of hydrogen-bond acceptors (Lipinski definition) is 6. The van der Waals surface area contributed by atoms with Gasteiger partial charge in [0.1, 0.15) is 10.7 Å². The Bertz CT molecular complexity index is 668. The molecule has 2 N–H and O–H groups in total. The molecule has 5 nitrogen and oxygen atoms in total. The van der Waals surface area contributed by atoms with Gasteiger partial charge < -0.3 is 5.73 Å². The van der Waals surface area contributed by atoms with Gasteiger partial charge in [-0.3, -0.25) is 9.20 Å². The van der Waals surface area contributed by atoms with Crippen molar-refractivity contribution >= 4 is 33.4 Å². The van der Waals surface area contributed by atoms with E-state index in [1.54, 1.807) is 16.7 Å². The largest absolute Gasteiger partial charge is 0.325 e. The Labute approximate surface area is 111 Å². The first-order chi connectivity index (χ1) is 8.76. The topological polar surface area (TPSA) is 73.3 Å². The Morgan fingerprint density at radius 2 is 2.28 bits per heavy atom. The van der Waals surface area contributed by atoms with Crippen molar-refractivity contribution in [3.63, 3.8) is 0 Å². The average Bonchev–Trinajstić information content (AvgIpc) is 3.02. The number of aromatic nitrogens is 3. The zero-order valence-corrected chi connectivity index (χ0v) is 11.0. The lowest BCUT2D eigenvalue weighted by molar-refractivity contribution is 0.0988. The fraction of sp³-hybridized carbons (Fsp3) is 0.182. The number of thiazole rings is 2. The molecule has 0 aliphatic rings. The minimum absolute atomic E-state index is 0.0169. The summed E-state index contributed by atoms with van der Waals surface area (Å²) in [4.78, 5) is 21.5. The molecule has 0 saturated carbocycles. The van der Waals surface area contributed by atoms with Crippen molar-refractivity contribution in [3.8, 4) is 0 Å². The molecule has 0 aliphatic heterocycles. The first-order valence-corrected chi connectivity index (χ1v) is 7.11. The summed E-state index contributed by atoms with van der Waals surface area (Å²) >= 11 is 2.96. The molecule has 3 aromatic heterocycles. The molecule has 0 bridgehead atoms. The van der Waals surface area contributed by atoms with Crippen LogP contribution in [0.1, 0.15) is 21.2 Å². The molecule has 3 aromatic rings. The Balaban J connectivity index is 1.79. The van der Waals surface area contributed by atoms with E-state index >= 15 is 0 Å². The lowest BCUT2D eigenvalue weighted by Crippen LogP contribution is -2.05. The van der Waals surface area contributed by atoms with E-state index < -0.39 is 0 Å². The van der Waals surface area contributed by atoms with Crippen LogP contribution in [0.5, 0.6) is 0 Å². The van der Waals surface area contributed by atoms with Crippen LogP contribution in [0.15, 0.2) is 23.2 Å². The quantitative estimate of drug-likeness (QED) is 0.738. The summed E-state index contributed by atoms with van der Waals surface area (Å²) in [6.45, 7) is 0.373. The van der Waals surface area contributed by atoms with E-state index in [1.807, 2.05) is 22.2 Å². The molecule has 3 rings (SSSR count). The number of ketones is 1. The third kappa shape index (κ3) is 2.07. The van der Waals surface area contributed by atoms with E-state index in [2.05, 4.69) is 9.97 Å². The number of carbonyl (C=O) groups excluding carboxylic acids is 1. The Kier molecular flexibility index (Phi) is 2.94. The van der Waals surface area contributed by atoms with Gasteiger partial charge in [-0.15, -0.1) is 22.7 Å². The van der Waals surface area contributed by atoms with Crippen molar-refractivity contribution in [1.82, 2.24) is 14.4 Å². The molecule has 0 saturated heterocycles.